The number of carbonyl (C=O) groups is 2. The molecule has 0 saturated carbocycles. The van der Waals surface area contributed by atoms with Crippen molar-refractivity contribution in [3.05, 3.63) is 96.1 Å². The van der Waals surface area contributed by atoms with E-state index in [9.17, 15) is 9.59 Å². The van der Waals surface area contributed by atoms with E-state index in [1.54, 1.807) is 23.9 Å². The van der Waals surface area contributed by atoms with Gasteiger partial charge in [0.25, 0.3) is 0 Å². The maximum absolute atomic E-state index is 13.9. The fraction of sp³-hybridized carbons (Fsp3) is 0.444. The second kappa shape index (κ2) is 18.0. The first-order valence-electron chi connectivity index (χ1n) is 15.9. The molecule has 4 amide bonds. The van der Waals surface area contributed by atoms with Crippen LogP contribution in [0.15, 0.2) is 84.9 Å². The van der Waals surface area contributed by atoms with E-state index in [1.165, 1.54) is 10.6 Å². The molecule has 3 aromatic rings. The number of rotatable bonds is 5. The number of anilines is 2. The van der Waals surface area contributed by atoms with Crippen LogP contribution in [-0.2, 0) is 0 Å². The molecule has 1 saturated heterocycles. The average Bonchev–Trinajstić information content (AvgIpc) is 3.09. The molecular formula is C36H53N5O2. The number of urea groups is 2. The summed E-state index contributed by atoms with van der Waals surface area (Å²) in [5.74, 6) is 0. The first kappa shape index (κ1) is 35.4. The molecule has 0 radical (unpaired) electrons. The molecular weight excluding hydrogens is 534 g/mol. The van der Waals surface area contributed by atoms with Crippen LogP contribution in [0.1, 0.15) is 71.6 Å². The smallest absolute Gasteiger partial charge is 0.333 e. The summed E-state index contributed by atoms with van der Waals surface area (Å²) in [5.41, 5.74) is 3.95. The monoisotopic (exact) mass is 587 g/mol. The molecule has 7 nitrogen and oxygen atoms in total. The molecule has 0 aliphatic carbocycles. The van der Waals surface area contributed by atoms with Crippen molar-refractivity contribution in [2.45, 2.75) is 66.5 Å². The summed E-state index contributed by atoms with van der Waals surface area (Å²) in [4.78, 5) is 36.7. The Bertz CT molecular complexity index is 1230. The Morgan fingerprint density at radius 2 is 1.28 bits per heavy atom. The molecule has 3 aromatic carbocycles. The normalized spacial score (nSPS) is 16.1. The molecule has 0 N–H and O–H groups in total. The Kier molecular flexibility index (Phi) is 14.8. The summed E-state index contributed by atoms with van der Waals surface area (Å²) in [7, 11) is 5.59. The van der Waals surface area contributed by atoms with Crippen LogP contribution in [-0.4, -0.2) is 73.7 Å². The van der Waals surface area contributed by atoms with E-state index in [2.05, 4.69) is 41.1 Å². The highest BCUT2D eigenvalue weighted by molar-refractivity contribution is 6.05. The highest BCUT2D eigenvalue weighted by Gasteiger charge is 2.42. The number of benzene rings is 3. The third-order valence-corrected chi connectivity index (χ3v) is 7.64. The summed E-state index contributed by atoms with van der Waals surface area (Å²) in [6.07, 6.45) is 2.05. The molecule has 7 heteroatoms. The van der Waals surface area contributed by atoms with Crippen molar-refractivity contribution in [1.82, 2.24) is 14.7 Å². The molecule has 0 bridgehead atoms. The van der Waals surface area contributed by atoms with E-state index in [0.717, 1.165) is 42.7 Å². The van der Waals surface area contributed by atoms with Gasteiger partial charge in [0.1, 0.15) is 0 Å². The van der Waals surface area contributed by atoms with Gasteiger partial charge in [0.2, 0.25) is 0 Å². The number of fused-ring (bicyclic) bond motifs is 1. The SMILES string of the molecule is CC.CC.CC.CN(CN(C)C1CCN(c2ccccc2)CC1)C(=O)N1C(=O)N(C)c2ccccc2C1c1ccccc1. The second-order valence-electron chi connectivity index (χ2n) is 10.0. The van der Waals surface area contributed by atoms with Crippen molar-refractivity contribution in [3.8, 4) is 0 Å². The van der Waals surface area contributed by atoms with Crippen molar-refractivity contribution in [3.63, 3.8) is 0 Å². The Morgan fingerprint density at radius 1 is 0.767 bits per heavy atom. The summed E-state index contributed by atoms with van der Waals surface area (Å²) >= 11 is 0. The van der Waals surface area contributed by atoms with Gasteiger partial charge in [-0.25, -0.2) is 14.5 Å². The van der Waals surface area contributed by atoms with Gasteiger partial charge in [-0.3, -0.25) is 9.80 Å². The summed E-state index contributed by atoms with van der Waals surface area (Å²) in [6, 6.07) is 27.4. The maximum atomic E-state index is 13.9. The standard InChI is InChI=1S/C30H35N5O2.3C2H6/c1-31(24-18-20-34(21-19-24)25-14-8-5-9-15-25)22-32(2)29(36)35-28(23-12-6-4-7-13-23)26-16-10-11-17-27(26)33(3)30(35)37;3*1-2/h4-17,24,28H,18-22H2,1-3H3;3*1-2H3. The van der Waals surface area contributed by atoms with Crippen LogP contribution >= 0.6 is 0 Å². The fourth-order valence-electron chi connectivity index (χ4n) is 5.59. The topological polar surface area (TPSA) is 50.3 Å². The summed E-state index contributed by atoms with van der Waals surface area (Å²) < 4.78 is 0. The Morgan fingerprint density at radius 3 is 1.86 bits per heavy atom. The molecule has 0 spiro atoms. The third kappa shape index (κ3) is 8.38. The van der Waals surface area contributed by atoms with Crippen molar-refractivity contribution < 1.29 is 9.59 Å². The van der Waals surface area contributed by atoms with Gasteiger partial charge in [-0.15, -0.1) is 0 Å². The minimum Gasteiger partial charge on any atom is -0.371 e. The van der Waals surface area contributed by atoms with Gasteiger partial charge in [-0.1, -0.05) is 108 Å². The number of carbonyl (C=O) groups excluding carboxylic acids is 2. The van der Waals surface area contributed by atoms with Crippen LogP contribution in [0.25, 0.3) is 0 Å². The maximum Gasteiger partial charge on any atom is 0.333 e. The van der Waals surface area contributed by atoms with Gasteiger partial charge >= 0.3 is 12.1 Å². The molecule has 0 aromatic heterocycles. The largest absolute Gasteiger partial charge is 0.371 e. The van der Waals surface area contributed by atoms with Gasteiger partial charge in [0.05, 0.1) is 18.4 Å². The zero-order valence-corrected chi connectivity index (χ0v) is 27.8. The minimum atomic E-state index is -0.476. The van der Waals surface area contributed by atoms with Crippen molar-refractivity contribution in [1.29, 1.82) is 0 Å². The van der Waals surface area contributed by atoms with Crippen molar-refractivity contribution in [2.24, 2.45) is 0 Å². The van der Waals surface area contributed by atoms with Crippen molar-refractivity contribution in [2.75, 3.05) is 50.7 Å². The quantitative estimate of drug-likeness (QED) is 0.282. The van der Waals surface area contributed by atoms with E-state index in [4.69, 9.17) is 0 Å². The number of hydrogen-bond donors (Lipinski definition) is 0. The molecule has 2 aliphatic rings. The lowest BCUT2D eigenvalue weighted by atomic mass is 9.93. The van der Waals surface area contributed by atoms with Crippen LogP contribution < -0.4 is 9.80 Å². The minimum absolute atomic E-state index is 0.297. The lowest BCUT2D eigenvalue weighted by Gasteiger charge is -2.43. The summed E-state index contributed by atoms with van der Waals surface area (Å²) in [6.45, 7) is 14.4. The molecule has 1 unspecified atom stereocenters. The second-order valence-corrected chi connectivity index (χ2v) is 10.0. The predicted molar refractivity (Wildman–Crippen MR) is 182 cm³/mol. The number of amides is 4. The first-order chi connectivity index (χ1) is 21.0. The predicted octanol–water partition coefficient (Wildman–Crippen LogP) is 8.34. The number of hydrogen-bond acceptors (Lipinski definition) is 4. The van der Waals surface area contributed by atoms with E-state index in [0.29, 0.717) is 12.7 Å². The van der Waals surface area contributed by atoms with Crippen LogP contribution in [0.4, 0.5) is 21.0 Å². The Balaban J connectivity index is 0.00000101. The lowest BCUT2D eigenvalue weighted by Crippen LogP contribution is -2.56. The van der Waals surface area contributed by atoms with Gasteiger partial charge in [0.15, 0.2) is 0 Å². The average molecular weight is 588 g/mol. The van der Waals surface area contributed by atoms with Gasteiger partial charge in [0, 0.05) is 44.5 Å². The molecule has 1 fully saturated rings. The van der Waals surface area contributed by atoms with E-state index in [1.807, 2.05) is 102 Å². The zero-order chi connectivity index (χ0) is 31.9. The van der Waals surface area contributed by atoms with Gasteiger partial charge in [-0.05, 0) is 43.7 Å². The van der Waals surface area contributed by atoms with Crippen molar-refractivity contribution >= 4 is 23.4 Å². The number of imide groups is 1. The Labute approximate surface area is 260 Å². The number of para-hydroxylation sites is 2. The molecule has 2 aliphatic heterocycles. The Hall–Kier alpha value is -3.84. The van der Waals surface area contributed by atoms with Crippen LogP contribution in [0.5, 0.6) is 0 Å². The van der Waals surface area contributed by atoms with Gasteiger partial charge < -0.3 is 9.80 Å². The van der Waals surface area contributed by atoms with Crippen LogP contribution in [0.2, 0.25) is 0 Å². The first-order valence-corrected chi connectivity index (χ1v) is 15.9. The van der Waals surface area contributed by atoms with Crippen LogP contribution in [0.3, 0.4) is 0 Å². The van der Waals surface area contributed by atoms with E-state index in [-0.39, 0.29) is 12.1 Å². The third-order valence-electron chi connectivity index (χ3n) is 7.64. The molecule has 2 heterocycles. The van der Waals surface area contributed by atoms with E-state index >= 15 is 0 Å². The van der Waals surface area contributed by atoms with Crippen LogP contribution in [0, 0.1) is 0 Å². The zero-order valence-electron chi connectivity index (χ0n) is 27.8. The lowest BCUT2D eigenvalue weighted by molar-refractivity contribution is 0.108. The molecule has 5 rings (SSSR count). The number of nitrogens with zero attached hydrogens (tertiary/aromatic N) is 5. The number of piperidine rings is 1. The highest BCUT2D eigenvalue weighted by Crippen LogP contribution is 2.40. The molecule has 1 atom stereocenters. The molecule has 234 valence electrons. The van der Waals surface area contributed by atoms with E-state index < -0.39 is 6.04 Å². The highest BCUT2D eigenvalue weighted by atomic mass is 16.2. The molecule has 43 heavy (non-hydrogen) atoms. The summed E-state index contributed by atoms with van der Waals surface area (Å²) in [5, 5.41) is 0. The van der Waals surface area contributed by atoms with Gasteiger partial charge in [-0.2, -0.15) is 0 Å². The fourth-order valence-corrected chi connectivity index (χ4v) is 5.59.